The highest BCUT2D eigenvalue weighted by molar-refractivity contribution is 5.76. The normalized spacial score (nSPS) is 9.89. The van der Waals surface area contributed by atoms with E-state index in [0.29, 0.717) is 11.8 Å². The van der Waals surface area contributed by atoms with Gasteiger partial charge in [0.05, 0.1) is 4.92 Å². The van der Waals surface area contributed by atoms with Gasteiger partial charge in [-0.2, -0.15) is 0 Å². The monoisotopic (exact) mass is 258 g/mol. The van der Waals surface area contributed by atoms with Crippen molar-refractivity contribution >= 4 is 12.0 Å². The van der Waals surface area contributed by atoms with Gasteiger partial charge in [0.2, 0.25) is 0 Å². The lowest BCUT2D eigenvalue weighted by atomic mass is 10.2. The number of ether oxygens (including phenoxy) is 1. The second-order valence-electron chi connectivity index (χ2n) is 3.75. The van der Waals surface area contributed by atoms with Crippen molar-refractivity contribution in [1.29, 1.82) is 0 Å². The number of nitro groups is 1. The zero-order chi connectivity index (χ0) is 13.7. The molecule has 6 nitrogen and oxygen atoms in total. The Morgan fingerprint density at radius 2 is 2.21 bits per heavy atom. The zero-order valence-corrected chi connectivity index (χ0v) is 9.85. The van der Waals surface area contributed by atoms with Crippen LogP contribution in [0.2, 0.25) is 0 Å². The van der Waals surface area contributed by atoms with Crippen LogP contribution in [0, 0.1) is 10.1 Å². The van der Waals surface area contributed by atoms with Crippen molar-refractivity contribution in [2.45, 2.75) is 6.61 Å². The minimum absolute atomic E-state index is 0.0680. The van der Waals surface area contributed by atoms with Crippen molar-refractivity contribution in [3.63, 3.8) is 0 Å². The number of aldehydes is 1. The number of benzene rings is 1. The van der Waals surface area contributed by atoms with Crippen LogP contribution in [0.15, 0.2) is 42.7 Å². The topological polar surface area (TPSA) is 82.3 Å². The Morgan fingerprint density at radius 3 is 2.84 bits per heavy atom. The lowest BCUT2D eigenvalue weighted by Gasteiger charge is -2.07. The summed E-state index contributed by atoms with van der Waals surface area (Å²) in [7, 11) is 0. The number of hydrogen-bond acceptors (Lipinski definition) is 5. The molecule has 0 radical (unpaired) electrons. The van der Waals surface area contributed by atoms with Gasteiger partial charge in [0.1, 0.15) is 12.9 Å². The van der Waals surface area contributed by atoms with Gasteiger partial charge in [-0.05, 0) is 18.2 Å². The van der Waals surface area contributed by atoms with Gasteiger partial charge in [0.25, 0.3) is 0 Å². The highest BCUT2D eigenvalue weighted by Crippen LogP contribution is 2.28. The van der Waals surface area contributed by atoms with Crippen molar-refractivity contribution in [3.8, 4) is 5.75 Å². The van der Waals surface area contributed by atoms with Crippen LogP contribution in [0.3, 0.4) is 0 Å². The van der Waals surface area contributed by atoms with Crippen molar-refractivity contribution in [1.82, 2.24) is 4.98 Å². The number of pyridine rings is 1. The first-order valence-corrected chi connectivity index (χ1v) is 5.46. The minimum atomic E-state index is -0.548. The molecule has 0 atom stereocenters. The highest BCUT2D eigenvalue weighted by Gasteiger charge is 2.15. The van der Waals surface area contributed by atoms with Crippen molar-refractivity contribution in [2.24, 2.45) is 0 Å². The molecular formula is C13H10N2O4. The SMILES string of the molecule is O=Cc1ccc([N+](=O)[O-])c(OCc2cccnc2)c1. The van der Waals surface area contributed by atoms with E-state index in [9.17, 15) is 14.9 Å². The van der Waals surface area contributed by atoms with Gasteiger partial charge in [-0.3, -0.25) is 19.9 Å². The van der Waals surface area contributed by atoms with E-state index in [0.717, 1.165) is 5.56 Å². The first-order chi connectivity index (χ1) is 9.20. The second kappa shape index (κ2) is 5.72. The fourth-order valence-electron chi connectivity index (χ4n) is 1.52. The Hall–Kier alpha value is -2.76. The standard InChI is InChI=1S/C13H10N2O4/c16-8-10-3-4-12(15(17)18)13(6-10)19-9-11-2-1-5-14-7-11/h1-8H,9H2. The third kappa shape index (κ3) is 3.12. The van der Waals surface area contributed by atoms with Gasteiger partial charge in [-0.1, -0.05) is 6.07 Å². The fourth-order valence-corrected chi connectivity index (χ4v) is 1.52. The van der Waals surface area contributed by atoms with Crippen LogP contribution in [0.4, 0.5) is 5.69 Å². The number of nitro benzene ring substituents is 1. The number of carbonyl (C=O) groups excluding carboxylic acids is 1. The van der Waals surface area contributed by atoms with E-state index < -0.39 is 4.92 Å². The van der Waals surface area contributed by atoms with Crippen LogP contribution in [0.1, 0.15) is 15.9 Å². The molecule has 0 fully saturated rings. The van der Waals surface area contributed by atoms with Crippen LogP contribution in [0.25, 0.3) is 0 Å². The van der Waals surface area contributed by atoms with Gasteiger partial charge in [0, 0.05) is 29.6 Å². The van der Waals surface area contributed by atoms with E-state index in [4.69, 9.17) is 4.74 Å². The Balaban J connectivity index is 2.22. The van der Waals surface area contributed by atoms with Crippen molar-refractivity contribution in [3.05, 3.63) is 64.0 Å². The molecule has 0 aliphatic rings. The predicted molar refractivity (Wildman–Crippen MR) is 67.1 cm³/mol. The zero-order valence-electron chi connectivity index (χ0n) is 9.85. The first-order valence-electron chi connectivity index (χ1n) is 5.46. The summed E-state index contributed by atoms with van der Waals surface area (Å²) in [5, 5.41) is 10.9. The third-order valence-corrected chi connectivity index (χ3v) is 2.43. The van der Waals surface area contributed by atoms with E-state index in [1.54, 1.807) is 24.5 Å². The molecule has 96 valence electrons. The molecule has 6 heteroatoms. The molecular weight excluding hydrogens is 248 g/mol. The smallest absolute Gasteiger partial charge is 0.310 e. The van der Waals surface area contributed by atoms with Gasteiger partial charge in [0.15, 0.2) is 5.75 Å². The van der Waals surface area contributed by atoms with E-state index in [1.807, 2.05) is 0 Å². The average molecular weight is 258 g/mol. The lowest BCUT2D eigenvalue weighted by molar-refractivity contribution is -0.385. The first kappa shape index (κ1) is 12.7. The third-order valence-electron chi connectivity index (χ3n) is 2.43. The average Bonchev–Trinajstić information content (AvgIpc) is 2.45. The molecule has 0 bridgehead atoms. The summed E-state index contributed by atoms with van der Waals surface area (Å²) in [5.41, 5.74) is 0.939. The van der Waals surface area contributed by atoms with Gasteiger partial charge < -0.3 is 4.74 Å². The van der Waals surface area contributed by atoms with Gasteiger partial charge in [-0.25, -0.2) is 0 Å². The maximum Gasteiger partial charge on any atom is 0.310 e. The Labute approximate surface area is 108 Å². The van der Waals surface area contributed by atoms with Crippen LogP contribution in [-0.4, -0.2) is 16.2 Å². The minimum Gasteiger partial charge on any atom is -0.482 e. The molecule has 0 saturated carbocycles. The van der Waals surface area contributed by atoms with Gasteiger partial charge in [-0.15, -0.1) is 0 Å². The fraction of sp³-hybridized carbons (Fsp3) is 0.0769. The number of carbonyl (C=O) groups is 1. The number of rotatable bonds is 5. The van der Waals surface area contributed by atoms with E-state index in [-0.39, 0.29) is 18.0 Å². The summed E-state index contributed by atoms with van der Waals surface area (Å²) in [6.07, 6.45) is 3.84. The summed E-state index contributed by atoms with van der Waals surface area (Å²) in [6, 6.07) is 7.52. The molecule has 0 spiro atoms. The molecule has 2 aromatic rings. The molecule has 0 saturated heterocycles. The van der Waals surface area contributed by atoms with Crippen molar-refractivity contribution in [2.75, 3.05) is 0 Å². The maximum absolute atomic E-state index is 10.9. The summed E-state index contributed by atoms with van der Waals surface area (Å²) in [5.74, 6) is 0.0680. The largest absolute Gasteiger partial charge is 0.482 e. The molecule has 0 aliphatic carbocycles. The number of aromatic nitrogens is 1. The molecule has 0 unspecified atom stereocenters. The predicted octanol–water partition coefficient (Wildman–Crippen LogP) is 2.38. The molecule has 1 aromatic carbocycles. The molecule has 2 rings (SSSR count). The summed E-state index contributed by atoms with van der Waals surface area (Å²) >= 11 is 0. The van der Waals surface area contributed by atoms with Crippen LogP contribution in [-0.2, 0) is 6.61 Å². The quantitative estimate of drug-likeness (QED) is 0.467. The molecule has 1 heterocycles. The highest BCUT2D eigenvalue weighted by atomic mass is 16.6. The molecule has 1 aromatic heterocycles. The van der Waals surface area contributed by atoms with E-state index >= 15 is 0 Å². The number of hydrogen-bond donors (Lipinski definition) is 0. The van der Waals surface area contributed by atoms with Gasteiger partial charge >= 0.3 is 5.69 Å². The molecule has 0 amide bonds. The van der Waals surface area contributed by atoms with Crippen LogP contribution in [0.5, 0.6) is 5.75 Å². The Kier molecular flexibility index (Phi) is 3.82. The van der Waals surface area contributed by atoms with Crippen LogP contribution < -0.4 is 4.74 Å². The maximum atomic E-state index is 10.9. The van der Waals surface area contributed by atoms with Crippen LogP contribution >= 0.6 is 0 Å². The molecule has 0 aliphatic heterocycles. The second-order valence-corrected chi connectivity index (χ2v) is 3.75. The van der Waals surface area contributed by atoms with E-state index in [2.05, 4.69) is 4.98 Å². The summed E-state index contributed by atoms with van der Waals surface area (Å²) < 4.78 is 5.39. The Bertz CT molecular complexity index is 599. The van der Waals surface area contributed by atoms with E-state index in [1.165, 1.54) is 18.2 Å². The molecule has 0 N–H and O–H groups in total. The lowest BCUT2D eigenvalue weighted by Crippen LogP contribution is -2.00. The Morgan fingerprint density at radius 1 is 1.37 bits per heavy atom. The number of nitrogens with zero attached hydrogens (tertiary/aromatic N) is 2. The summed E-state index contributed by atoms with van der Waals surface area (Å²) in [6.45, 7) is 0.150. The van der Waals surface area contributed by atoms with Crippen molar-refractivity contribution < 1.29 is 14.5 Å². The molecule has 19 heavy (non-hydrogen) atoms. The summed E-state index contributed by atoms with van der Waals surface area (Å²) in [4.78, 5) is 24.9.